The van der Waals surface area contributed by atoms with Gasteiger partial charge in [0.15, 0.2) is 0 Å². The molecule has 2 aromatic rings. The molecule has 2 fully saturated rings. The first-order valence-electron chi connectivity index (χ1n) is 10.2. The standard InChI is InChI=1S/C25H24N2O3/c1-30-21-7-2-4-18(14-21)9-8-17-10-12-19(13-11-17)24-22(15-26)27(23(24)16-28)25(29)20-5-3-6-20/h2,4,7,10-14,20,22-24,28H,3,5-6,16H2,1H3/t22-,23-,24-/m1/s1. The van der Waals surface area contributed by atoms with Crippen molar-refractivity contribution in [3.8, 4) is 23.7 Å². The lowest BCUT2D eigenvalue weighted by Gasteiger charge is -2.53. The normalized spacial score (nSPS) is 22.7. The number of rotatable bonds is 4. The van der Waals surface area contributed by atoms with E-state index in [9.17, 15) is 15.2 Å². The van der Waals surface area contributed by atoms with E-state index >= 15 is 0 Å². The Morgan fingerprint density at radius 2 is 1.90 bits per heavy atom. The lowest BCUT2D eigenvalue weighted by Crippen LogP contribution is -2.66. The SMILES string of the molecule is COc1cccc(C#Cc2ccc([C@@H]3[C@@H](C#N)N(C(=O)C4CCC4)[C@@H]3CO)cc2)c1. The lowest BCUT2D eigenvalue weighted by molar-refractivity contribution is -0.154. The molecule has 1 heterocycles. The number of nitrogens with zero attached hydrogens (tertiary/aromatic N) is 2. The van der Waals surface area contributed by atoms with E-state index in [0.29, 0.717) is 0 Å². The summed E-state index contributed by atoms with van der Waals surface area (Å²) in [5.41, 5.74) is 2.68. The monoisotopic (exact) mass is 400 g/mol. The summed E-state index contributed by atoms with van der Waals surface area (Å²) in [5, 5.41) is 19.6. The highest BCUT2D eigenvalue weighted by molar-refractivity contribution is 5.82. The molecule has 4 rings (SSSR count). The number of methoxy groups -OCH3 is 1. The fourth-order valence-electron chi connectivity index (χ4n) is 4.21. The van der Waals surface area contributed by atoms with Crippen LogP contribution in [-0.4, -0.2) is 41.7 Å². The van der Waals surface area contributed by atoms with Gasteiger partial charge in [-0.15, -0.1) is 0 Å². The molecule has 0 aromatic heterocycles. The number of carbonyl (C=O) groups excluding carboxylic acids is 1. The Balaban J connectivity index is 1.50. The maximum atomic E-state index is 12.7. The summed E-state index contributed by atoms with van der Waals surface area (Å²) >= 11 is 0. The zero-order chi connectivity index (χ0) is 21.1. The van der Waals surface area contributed by atoms with Gasteiger partial charge in [0.25, 0.3) is 0 Å². The molecule has 3 atom stereocenters. The number of hydrogen-bond donors (Lipinski definition) is 1. The highest BCUT2D eigenvalue weighted by Crippen LogP contribution is 2.43. The second-order valence-electron chi connectivity index (χ2n) is 7.83. The zero-order valence-corrected chi connectivity index (χ0v) is 16.9. The number of nitriles is 1. The van der Waals surface area contributed by atoms with E-state index in [1.807, 2.05) is 48.5 Å². The van der Waals surface area contributed by atoms with Crippen molar-refractivity contribution in [1.29, 1.82) is 5.26 Å². The number of benzene rings is 2. The predicted octanol–water partition coefficient (Wildman–Crippen LogP) is 3.07. The second kappa shape index (κ2) is 8.61. The van der Waals surface area contributed by atoms with Gasteiger partial charge in [0, 0.05) is 23.0 Å². The fourth-order valence-corrected chi connectivity index (χ4v) is 4.21. The molecule has 2 aliphatic rings. The van der Waals surface area contributed by atoms with E-state index in [1.165, 1.54) is 0 Å². The van der Waals surface area contributed by atoms with Crippen LogP contribution in [0.2, 0.25) is 0 Å². The third kappa shape index (κ3) is 3.65. The Hall–Kier alpha value is -3.28. The first kappa shape index (κ1) is 20.0. The molecule has 152 valence electrons. The minimum Gasteiger partial charge on any atom is -0.497 e. The van der Waals surface area contributed by atoms with Crippen molar-refractivity contribution < 1.29 is 14.6 Å². The third-order valence-corrected chi connectivity index (χ3v) is 6.16. The molecule has 1 saturated heterocycles. The fraction of sp³-hybridized carbons (Fsp3) is 0.360. The van der Waals surface area contributed by atoms with Gasteiger partial charge in [-0.2, -0.15) is 5.26 Å². The van der Waals surface area contributed by atoms with Crippen molar-refractivity contribution in [3.05, 3.63) is 65.2 Å². The van der Waals surface area contributed by atoms with Crippen molar-refractivity contribution in [1.82, 2.24) is 4.90 Å². The molecule has 1 N–H and O–H groups in total. The minimum absolute atomic E-state index is 0.0175. The summed E-state index contributed by atoms with van der Waals surface area (Å²) in [6.07, 6.45) is 2.83. The Morgan fingerprint density at radius 3 is 2.50 bits per heavy atom. The van der Waals surface area contributed by atoms with Gasteiger partial charge < -0.3 is 14.7 Å². The molecule has 30 heavy (non-hydrogen) atoms. The van der Waals surface area contributed by atoms with E-state index < -0.39 is 6.04 Å². The molecule has 0 bridgehead atoms. The highest BCUT2D eigenvalue weighted by atomic mass is 16.5. The first-order valence-corrected chi connectivity index (χ1v) is 10.2. The summed E-state index contributed by atoms with van der Waals surface area (Å²) in [4.78, 5) is 14.3. The van der Waals surface area contributed by atoms with Crippen LogP contribution in [0.15, 0.2) is 48.5 Å². The molecule has 1 saturated carbocycles. The maximum absolute atomic E-state index is 12.7. The van der Waals surface area contributed by atoms with Gasteiger partial charge in [-0.05, 0) is 48.7 Å². The van der Waals surface area contributed by atoms with Gasteiger partial charge in [-0.25, -0.2) is 0 Å². The van der Waals surface area contributed by atoms with Crippen LogP contribution >= 0.6 is 0 Å². The van der Waals surface area contributed by atoms with Crippen molar-refractivity contribution in [3.63, 3.8) is 0 Å². The Labute approximate surface area is 176 Å². The van der Waals surface area contributed by atoms with Crippen LogP contribution < -0.4 is 4.74 Å². The number of aliphatic hydroxyl groups excluding tert-OH is 1. The molecule has 2 aromatic carbocycles. The zero-order valence-electron chi connectivity index (χ0n) is 16.9. The van der Waals surface area contributed by atoms with Crippen LogP contribution in [-0.2, 0) is 4.79 Å². The molecule has 1 amide bonds. The number of likely N-dealkylation sites (tertiary alicyclic amines) is 1. The minimum atomic E-state index is -0.524. The molecule has 5 heteroatoms. The third-order valence-electron chi connectivity index (χ3n) is 6.16. The summed E-state index contributed by atoms with van der Waals surface area (Å²) in [6.45, 7) is -0.140. The lowest BCUT2D eigenvalue weighted by atomic mass is 9.73. The maximum Gasteiger partial charge on any atom is 0.227 e. The second-order valence-corrected chi connectivity index (χ2v) is 7.83. The van der Waals surface area contributed by atoms with Crippen LogP contribution in [0.1, 0.15) is 41.9 Å². The van der Waals surface area contributed by atoms with Crippen molar-refractivity contribution >= 4 is 5.91 Å². The number of amides is 1. The van der Waals surface area contributed by atoms with E-state index in [0.717, 1.165) is 41.7 Å². The van der Waals surface area contributed by atoms with Gasteiger partial charge in [0.1, 0.15) is 11.8 Å². The van der Waals surface area contributed by atoms with Gasteiger partial charge in [0.05, 0.1) is 25.8 Å². The summed E-state index contributed by atoms with van der Waals surface area (Å²) in [7, 11) is 1.63. The Kier molecular flexibility index (Phi) is 5.74. The average Bonchev–Trinajstić information content (AvgIpc) is 2.72. The summed E-state index contributed by atoms with van der Waals surface area (Å²) in [5.74, 6) is 6.89. The van der Waals surface area contributed by atoms with Crippen molar-refractivity contribution in [2.24, 2.45) is 5.92 Å². The topological polar surface area (TPSA) is 73.6 Å². The van der Waals surface area contributed by atoms with Crippen LogP contribution in [0, 0.1) is 29.1 Å². The molecule has 0 unspecified atom stereocenters. The quantitative estimate of drug-likeness (QED) is 0.801. The van der Waals surface area contributed by atoms with Crippen molar-refractivity contribution in [2.45, 2.75) is 37.3 Å². The number of hydrogen-bond acceptors (Lipinski definition) is 4. The molecular formula is C25H24N2O3. The van der Waals surface area contributed by atoms with Gasteiger partial charge in [-0.3, -0.25) is 4.79 Å². The summed E-state index contributed by atoms with van der Waals surface area (Å²) in [6, 6.07) is 16.7. The molecule has 5 nitrogen and oxygen atoms in total. The molecule has 0 radical (unpaired) electrons. The number of aliphatic hydroxyl groups is 1. The highest BCUT2D eigenvalue weighted by Gasteiger charge is 2.53. The first-order chi connectivity index (χ1) is 14.7. The smallest absolute Gasteiger partial charge is 0.227 e. The van der Waals surface area contributed by atoms with E-state index in [-0.39, 0.29) is 30.4 Å². The van der Waals surface area contributed by atoms with Crippen LogP contribution in [0.3, 0.4) is 0 Å². The average molecular weight is 400 g/mol. The number of carbonyl (C=O) groups is 1. The van der Waals surface area contributed by atoms with E-state index in [2.05, 4.69) is 17.9 Å². The molecule has 0 spiro atoms. The molecular weight excluding hydrogens is 376 g/mol. The van der Waals surface area contributed by atoms with Gasteiger partial charge in [-0.1, -0.05) is 36.5 Å². The Morgan fingerprint density at radius 1 is 1.17 bits per heavy atom. The van der Waals surface area contributed by atoms with Gasteiger partial charge >= 0.3 is 0 Å². The summed E-state index contributed by atoms with van der Waals surface area (Å²) < 4.78 is 5.22. The predicted molar refractivity (Wildman–Crippen MR) is 113 cm³/mol. The molecule has 1 aliphatic heterocycles. The molecule has 1 aliphatic carbocycles. The van der Waals surface area contributed by atoms with Crippen molar-refractivity contribution in [2.75, 3.05) is 13.7 Å². The van der Waals surface area contributed by atoms with Crippen LogP contribution in [0.25, 0.3) is 0 Å². The largest absolute Gasteiger partial charge is 0.497 e. The van der Waals surface area contributed by atoms with Crippen LogP contribution in [0.5, 0.6) is 5.75 Å². The van der Waals surface area contributed by atoms with Crippen LogP contribution in [0.4, 0.5) is 0 Å². The Bertz CT molecular complexity index is 1020. The van der Waals surface area contributed by atoms with E-state index in [1.54, 1.807) is 12.0 Å². The number of ether oxygens (including phenoxy) is 1. The van der Waals surface area contributed by atoms with E-state index in [4.69, 9.17) is 4.74 Å². The van der Waals surface area contributed by atoms with Gasteiger partial charge in [0.2, 0.25) is 5.91 Å².